The third-order valence-electron chi connectivity index (χ3n) is 3.86. The standard InChI is InChI=1S/C15H23BrN2O/c1-3-19-15-7-11(8-15)5-14(17-2)6-12-4-13(16)10-18-9-12/h4,9-11,14-15,17H,3,5-8H2,1-2H3. The van der Waals surface area contributed by atoms with Gasteiger partial charge in [0.25, 0.3) is 0 Å². The van der Waals surface area contributed by atoms with Crippen LogP contribution in [0.1, 0.15) is 31.7 Å². The molecule has 1 N–H and O–H groups in total. The van der Waals surface area contributed by atoms with Gasteiger partial charge in [0.1, 0.15) is 0 Å². The second-order valence-corrected chi connectivity index (χ2v) is 6.27. The fraction of sp³-hybridized carbons (Fsp3) is 0.667. The molecule has 1 aliphatic rings. The SMILES string of the molecule is CCOC1CC(CC(Cc2cncc(Br)c2)NC)C1. The molecule has 1 aromatic rings. The van der Waals surface area contributed by atoms with Crippen LogP contribution in [-0.4, -0.2) is 30.8 Å². The smallest absolute Gasteiger partial charge is 0.0580 e. The lowest BCUT2D eigenvalue weighted by Crippen LogP contribution is -2.38. The van der Waals surface area contributed by atoms with Gasteiger partial charge in [0.15, 0.2) is 0 Å². The monoisotopic (exact) mass is 326 g/mol. The molecule has 1 saturated carbocycles. The van der Waals surface area contributed by atoms with E-state index in [9.17, 15) is 0 Å². The van der Waals surface area contributed by atoms with E-state index < -0.39 is 0 Å². The van der Waals surface area contributed by atoms with Crippen LogP contribution < -0.4 is 5.32 Å². The largest absolute Gasteiger partial charge is 0.378 e. The summed E-state index contributed by atoms with van der Waals surface area (Å²) in [5.74, 6) is 0.814. The first-order chi connectivity index (χ1) is 9.21. The lowest BCUT2D eigenvalue weighted by Gasteiger charge is -2.37. The summed E-state index contributed by atoms with van der Waals surface area (Å²) in [6, 6.07) is 2.69. The van der Waals surface area contributed by atoms with Gasteiger partial charge >= 0.3 is 0 Å². The molecule has 3 nitrogen and oxygen atoms in total. The van der Waals surface area contributed by atoms with Crippen LogP contribution in [0.5, 0.6) is 0 Å². The number of halogens is 1. The topological polar surface area (TPSA) is 34.1 Å². The van der Waals surface area contributed by atoms with Crippen LogP contribution in [0, 0.1) is 5.92 Å². The summed E-state index contributed by atoms with van der Waals surface area (Å²) in [5.41, 5.74) is 1.29. The Morgan fingerprint density at radius 1 is 1.47 bits per heavy atom. The molecule has 1 heterocycles. The van der Waals surface area contributed by atoms with Gasteiger partial charge in [-0.2, -0.15) is 0 Å². The van der Waals surface area contributed by atoms with E-state index in [1.165, 1.54) is 24.8 Å². The second kappa shape index (κ2) is 7.36. The van der Waals surface area contributed by atoms with E-state index >= 15 is 0 Å². The summed E-state index contributed by atoms with van der Waals surface area (Å²) in [7, 11) is 2.05. The molecule has 19 heavy (non-hydrogen) atoms. The molecule has 1 aliphatic carbocycles. The molecule has 0 spiro atoms. The first-order valence-corrected chi connectivity index (χ1v) is 7.88. The van der Waals surface area contributed by atoms with E-state index in [1.54, 1.807) is 0 Å². The van der Waals surface area contributed by atoms with Crippen molar-refractivity contribution in [2.45, 2.75) is 44.8 Å². The Kier molecular flexibility index (Phi) is 5.79. The van der Waals surface area contributed by atoms with Gasteiger partial charge in [-0.05, 0) is 73.1 Å². The highest BCUT2D eigenvalue weighted by atomic mass is 79.9. The van der Waals surface area contributed by atoms with Gasteiger partial charge in [-0.15, -0.1) is 0 Å². The molecule has 0 aromatic carbocycles. The summed E-state index contributed by atoms with van der Waals surface area (Å²) in [5, 5.41) is 3.43. The predicted molar refractivity (Wildman–Crippen MR) is 81.2 cm³/mol. The maximum absolute atomic E-state index is 5.62. The van der Waals surface area contributed by atoms with Gasteiger partial charge in [0.05, 0.1) is 6.10 Å². The Labute approximate surface area is 124 Å². The molecule has 0 aliphatic heterocycles. The Morgan fingerprint density at radius 2 is 2.26 bits per heavy atom. The summed E-state index contributed by atoms with van der Waals surface area (Å²) in [4.78, 5) is 4.23. The Balaban J connectivity index is 1.78. The number of likely N-dealkylation sites (N-methyl/N-ethyl adjacent to an activating group) is 1. The van der Waals surface area contributed by atoms with Gasteiger partial charge in [0.2, 0.25) is 0 Å². The number of nitrogens with zero attached hydrogens (tertiary/aromatic N) is 1. The fourth-order valence-electron chi connectivity index (χ4n) is 2.80. The molecule has 1 aromatic heterocycles. The van der Waals surface area contributed by atoms with Gasteiger partial charge in [-0.3, -0.25) is 4.98 Å². The zero-order valence-corrected chi connectivity index (χ0v) is 13.3. The van der Waals surface area contributed by atoms with E-state index in [1.807, 2.05) is 12.4 Å². The second-order valence-electron chi connectivity index (χ2n) is 5.35. The number of pyridine rings is 1. The molecule has 0 saturated heterocycles. The zero-order valence-electron chi connectivity index (χ0n) is 11.7. The van der Waals surface area contributed by atoms with Crippen molar-refractivity contribution in [3.63, 3.8) is 0 Å². The van der Waals surface area contributed by atoms with Crippen LogP contribution in [-0.2, 0) is 11.2 Å². The lowest BCUT2D eigenvalue weighted by molar-refractivity contribution is -0.0288. The molecule has 0 radical (unpaired) electrons. The summed E-state index contributed by atoms with van der Waals surface area (Å²) >= 11 is 3.48. The number of rotatable bonds is 7. The highest BCUT2D eigenvalue weighted by Crippen LogP contribution is 2.34. The van der Waals surface area contributed by atoms with Crippen LogP contribution >= 0.6 is 15.9 Å². The maximum atomic E-state index is 5.62. The molecule has 0 bridgehead atoms. The molecule has 1 unspecified atom stereocenters. The average Bonchev–Trinajstić information content (AvgIpc) is 2.35. The van der Waals surface area contributed by atoms with Gasteiger partial charge in [-0.1, -0.05) is 0 Å². The molecule has 2 rings (SSSR count). The van der Waals surface area contributed by atoms with Crippen molar-refractivity contribution in [3.8, 4) is 0 Å². The van der Waals surface area contributed by atoms with Crippen molar-refractivity contribution in [2.24, 2.45) is 5.92 Å². The predicted octanol–water partition coefficient (Wildman–Crippen LogP) is 3.18. The van der Waals surface area contributed by atoms with E-state index in [0.29, 0.717) is 12.1 Å². The molecular formula is C15H23BrN2O. The lowest BCUT2D eigenvalue weighted by atomic mass is 9.77. The third-order valence-corrected chi connectivity index (χ3v) is 4.30. The number of hydrogen-bond donors (Lipinski definition) is 1. The molecule has 0 amide bonds. The van der Waals surface area contributed by atoms with E-state index in [0.717, 1.165) is 23.4 Å². The highest BCUT2D eigenvalue weighted by Gasteiger charge is 2.31. The molecule has 1 atom stereocenters. The first-order valence-electron chi connectivity index (χ1n) is 7.09. The minimum absolute atomic E-state index is 0.514. The molecule has 4 heteroatoms. The van der Waals surface area contributed by atoms with Crippen LogP contribution in [0.15, 0.2) is 22.9 Å². The number of nitrogens with one attached hydrogen (secondary N) is 1. The number of ether oxygens (including phenoxy) is 1. The summed E-state index contributed by atoms with van der Waals surface area (Å²) in [6.07, 6.45) is 9.02. The Morgan fingerprint density at radius 3 is 2.89 bits per heavy atom. The van der Waals surface area contributed by atoms with E-state index in [-0.39, 0.29) is 0 Å². The number of hydrogen-bond acceptors (Lipinski definition) is 3. The van der Waals surface area contributed by atoms with E-state index in [2.05, 4.69) is 46.3 Å². The van der Waals surface area contributed by atoms with Gasteiger partial charge < -0.3 is 10.1 Å². The van der Waals surface area contributed by atoms with E-state index in [4.69, 9.17) is 4.74 Å². The minimum Gasteiger partial charge on any atom is -0.378 e. The molecule has 106 valence electrons. The minimum atomic E-state index is 0.514. The summed E-state index contributed by atoms with van der Waals surface area (Å²) in [6.45, 7) is 2.92. The maximum Gasteiger partial charge on any atom is 0.0580 e. The van der Waals surface area contributed by atoms with Crippen molar-refractivity contribution < 1.29 is 4.74 Å². The van der Waals surface area contributed by atoms with Crippen molar-refractivity contribution in [3.05, 3.63) is 28.5 Å². The Hall–Kier alpha value is -0.450. The van der Waals surface area contributed by atoms with Crippen molar-refractivity contribution in [1.29, 1.82) is 0 Å². The van der Waals surface area contributed by atoms with Crippen molar-refractivity contribution >= 4 is 15.9 Å². The van der Waals surface area contributed by atoms with Gasteiger partial charge in [0, 0.05) is 29.5 Å². The van der Waals surface area contributed by atoms with Crippen LogP contribution in [0.4, 0.5) is 0 Å². The average molecular weight is 327 g/mol. The zero-order chi connectivity index (χ0) is 13.7. The van der Waals surface area contributed by atoms with Crippen LogP contribution in [0.3, 0.4) is 0 Å². The summed E-state index contributed by atoms with van der Waals surface area (Å²) < 4.78 is 6.68. The quantitative estimate of drug-likeness (QED) is 0.835. The Bertz CT molecular complexity index is 393. The highest BCUT2D eigenvalue weighted by molar-refractivity contribution is 9.10. The molecule has 1 fully saturated rings. The fourth-order valence-corrected chi connectivity index (χ4v) is 3.21. The molecular weight excluding hydrogens is 304 g/mol. The number of aromatic nitrogens is 1. The van der Waals surface area contributed by atoms with Crippen molar-refractivity contribution in [2.75, 3.05) is 13.7 Å². The van der Waals surface area contributed by atoms with Gasteiger partial charge in [-0.25, -0.2) is 0 Å². The van der Waals surface area contributed by atoms with Crippen LogP contribution in [0.2, 0.25) is 0 Å². The van der Waals surface area contributed by atoms with Crippen molar-refractivity contribution in [1.82, 2.24) is 10.3 Å². The van der Waals surface area contributed by atoms with Crippen LogP contribution in [0.25, 0.3) is 0 Å². The third kappa shape index (κ3) is 4.55. The normalized spacial score (nSPS) is 23.9. The first kappa shape index (κ1) is 14.9.